The number of hydrogen-bond donors (Lipinski definition) is 2. The SMILES string of the molecule is NCC1CCN(C(=O)N2C3CCC2C(C(=O)O)C3)C1. The number of nitrogens with two attached hydrogens (primary N) is 1. The molecule has 0 aliphatic carbocycles. The Morgan fingerprint density at radius 2 is 2.05 bits per heavy atom. The number of fused-ring (bicyclic) bond motifs is 2. The first-order valence-electron chi connectivity index (χ1n) is 7.12. The van der Waals surface area contributed by atoms with Gasteiger partial charge in [-0.05, 0) is 38.1 Å². The highest BCUT2D eigenvalue weighted by atomic mass is 16.4. The van der Waals surface area contributed by atoms with E-state index in [-0.39, 0.29) is 24.0 Å². The van der Waals surface area contributed by atoms with E-state index in [1.807, 2.05) is 9.80 Å². The Morgan fingerprint density at radius 1 is 1.26 bits per heavy atom. The fraction of sp³-hybridized carbons (Fsp3) is 0.846. The van der Waals surface area contributed by atoms with E-state index < -0.39 is 5.97 Å². The van der Waals surface area contributed by atoms with Crippen molar-refractivity contribution in [3.05, 3.63) is 0 Å². The van der Waals surface area contributed by atoms with Crippen molar-refractivity contribution >= 4 is 12.0 Å². The Labute approximate surface area is 112 Å². The van der Waals surface area contributed by atoms with Gasteiger partial charge in [0, 0.05) is 25.2 Å². The quantitative estimate of drug-likeness (QED) is 0.754. The summed E-state index contributed by atoms with van der Waals surface area (Å²) in [6.45, 7) is 2.10. The second-order valence-electron chi connectivity index (χ2n) is 6.01. The summed E-state index contributed by atoms with van der Waals surface area (Å²) in [7, 11) is 0. The Morgan fingerprint density at radius 3 is 2.63 bits per heavy atom. The van der Waals surface area contributed by atoms with Gasteiger partial charge in [-0.25, -0.2) is 4.79 Å². The molecule has 0 aromatic heterocycles. The summed E-state index contributed by atoms with van der Waals surface area (Å²) in [5.41, 5.74) is 5.65. The third kappa shape index (κ3) is 1.98. The standard InChI is InChI=1S/C13H21N3O3/c14-6-8-3-4-15(7-8)13(19)16-9-1-2-11(16)10(5-9)12(17)18/h8-11H,1-7,14H2,(H,17,18). The first-order chi connectivity index (χ1) is 9.11. The molecule has 0 aromatic carbocycles. The van der Waals surface area contributed by atoms with Crippen LogP contribution in [0.4, 0.5) is 4.79 Å². The van der Waals surface area contributed by atoms with E-state index in [1.54, 1.807) is 0 Å². The lowest BCUT2D eigenvalue weighted by Gasteiger charge is -2.28. The molecule has 3 N–H and O–H groups in total. The number of carboxylic acids is 1. The second-order valence-corrected chi connectivity index (χ2v) is 6.01. The molecule has 6 nitrogen and oxygen atoms in total. The molecule has 3 fully saturated rings. The molecule has 0 radical (unpaired) electrons. The molecule has 3 heterocycles. The normalized spacial score (nSPS) is 37.1. The molecule has 3 aliphatic heterocycles. The predicted molar refractivity (Wildman–Crippen MR) is 68.5 cm³/mol. The van der Waals surface area contributed by atoms with Crippen LogP contribution in [0.3, 0.4) is 0 Å². The Balaban J connectivity index is 1.70. The molecular weight excluding hydrogens is 246 g/mol. The van der Waals surface area contributed by atoms with Crippen molar-refractivity contribution in [1.82, 2.24) is 9.80 Å². The molecule has 6 heteroatoms. The first kappa shape index (κ1) is 12.7. The lowest BCUT2D eigenvalue weighted by atomic mass is 9.89. The average molecular weight is 267 g/mol. The molecule has 19 heavy (non-hydrogen) atoms. The number of rotatable bonds is 2. The number of carbonyl (C=O) groups is 2. The summed E-state index contributed by atoms with van der Waals surface area (Å²) < 4.78 is 0. The van der Waals surface area contributed by atoms with Crippen LogP contribution in [0.15, 0.2) is 0 Å². The van der Waals surface area contributed by atoms with E-state index in [2.05, 4.69) is 0 Å². The minimum absolute atomic E-state index is 0.0344. The van der Waals surface area contributed by atoms with Crippen molar-refractivity contribution in [3.63, 3.8) is 0 Å². The van der Waals surface area contributed by atoms with Gasteiger partial charge in [-0.15, -0.1) is 0 Å². The van der Waals surface area contributed by atoms with Crippen LogP contribution < -0.4 is 5.73 Å². The predicted octanol–water partition coefficient (Wildman–Crippen LogP) is 0.325. The van der Waals surface area contributed by atoms with Crippen molar-refractivity contribution < 1.29 is 14.7 Å². The van der Waals surface area contributed by atoms with Crippen molar-refractivity contribution in [2.24, 2.45) is 17.6 Å². The van der Waals surface area contributed by atoms with Gasteiger partial charge in [-0.1, -0.05) is 0 Å². The zero-order valence-electron chi connectivity index (χ0n) is 11.0. The van der Waals surface area contributed by atoms with E-state index in [0.717, 1.165) is 32.4 Å². The Kier molecular flexibility index (Phi) is 3.12. The van der Waals surface area contributed by atoms with E-state index >= 15 is 0 Å². The Bertz CT molecular complexity index is 401. The third-order valence-electron chi connectivity index (χ3n) is 4.96. The van der Waals surface area contributed by atoms with Gasteiger partial charge < -0.3 is 20.6 Å². The molecule has 4 atom stereocenters. The molecular formula is C13H21N3O3. The molecule has 3 saturated heterocycles. The van der Waals surface area contributed by atoms with E-state index in [4.69, 9.17) is 5.73 Å². The number of aliphatic carboxylic acids is 1. The van der Waals surface area contributed by atoms with Gasteiger partial charge in [0.1, 0.15) is 0 Å². The van der Waals surface area contributed by atoms with Gasteiger partial charge >= 0.3 is 12.0 Å². The smallest absolute Gasteiger partial charge is 0.320 e. The van der Waals surface area contributed by atoms with Crippen LogP contribution >= 0.6 is 0 Å². The molecule has 4 unspecified atom stereocenters. The summed E-state index contributed by atoms with van der Waals surface area (Å²) in [4.78, 5) is 27.5. The molecule has 2 amide bonds. The van der Waals surface area contributed by atoms with Crippen LogP contribution in [0.2, 0.25) is 0 Å². The van der Waals surface area contributed by atoms with Gasteiger partial charge in [0.15, 0.2) is 0 Å². The first-order valence-corrected chi connectivity index (χ1v) is 7.12. The number of carbonyl (C=O) groups excluding carboxylic acids is 1. The van der Waals surface area contributed by atoms with E-state index in [1.165, 1.54) is 0 Å². The second kappa shape index (κ2) is 4.67. The number of hydrogen-bond acceptors (Lipinski definition) is 3. The van der Waals surface area contributed by atoms with Crippen LogP contribution in [0.25, 0.3) is 0 Å². The lowest BCUT2D eigenvalue weighted by molar-refractivity contribution is -0.142. The number of carboxylic acid groups (broad SMARTS) is 1. The zero-order chi connectivity index (χ0) is 13.6. The summed E-state index contributed by atoms with van der Waals surface area (Å²) >= 11 is 0. The number of amides is 2. The summed E-state index contributed by atoms with van der Waals surface area (Å²) in [5, 5.41) is 9.21. The van der Waals surface area contributed by atoms with Crippen LogP contribution in [-0.4, -0.2) is 58.6 Å². The molecule has 3 aliphatic rings. The molecule has 0 aromatic rings. The maximum Gasteiger partial charge on any atom is 0.320 e. The number of likely N-dealkylation sites (tertiary alicyclic amines) is 1. The average Bonchev–Trinajstić information content (AvgIpc) is 3.11. The fourth-order valence-electron chi connectivity index (χ4n) is 3.91. The molecule has 106 valence electrons. The maximum atomic E-state index is 12.6. The van der Waals surface area contributed by atoms with Gasteiger partial charge in [0.05, 0.1) is 5.92 Å². The highest BCUT2D eigenvalue weighted by molar-refractivity contribution is 5.79. The molecule has 0 spiro atoms. The summed E-state index contributed by atoms with van der Waals surface area (Å²) in [6.07, 6.45) is 3.38. The Hall–Kier alpha value is -1.30. The van der Waals surface area contributed by atoms with E-state index in [9.17, 15) is 14.7 Å². The van der Waals surface area contributed by atoms with Crippen molar-refractivity contribution in [2.45, 2.75) is 37.8 Å². The van der Waals surface area contributed by atoms with E-state index in [0.29, 0.717) is 18.9 Å². The van der Waals surface area contributed by atoms with Crippen LogP contribution in [0, 0.1) is 11.8 Å². The van der Waals surface area contributed by atoms with Gasteiger partial charge in [-0.2, -0.15) is 0 Å². The topological polar surface area (TPSA) is 86.9 Å². The van der Waals surface area contributed by atoms with Crippen LogP contribution in [0.5, 0.6) is 0 Å². The number of nitrogens with zero attached hydrogens (tertiary/aromatic N) is 2. The van der Waals surface area contributed by atoms with Crippen LogP contribution in [0.1, 0.15) is 25.7 Å². The lowest BCUT2D eigenvalue weighted by Crippen LogP contribution is -2.46. The minimum atomic E-state index is -0.758. The van der Waals surface area contributed by atoms with Crippen molar-refractivity contribution in [2.75, 3.05) is 19.6 Å². The fourth-order valence-corrected chi connectivity index (χ4v) is 3.91. The van der Waals surface area contributed by atoms with Gasteiger partial charge in [-0.3, -0.25) is 4.79 Å². The third-order valence-corrected chi connectivity index (χ3v) is 4.96. The van der Waals surface area contributed by atoms with Gasteiger partial charge in [0.25, 0.3) is 0 Å². The number of urea groups is 1. The highest BCUT2D eigenvalue weighted by Crippen LogP contribution is 2.42. The van der Waals surface area contributed by atoms with Gasteiger partial charge in [0.2, 0.25) is 0 Å². The molecule has 0 saturated carbocycles. The molecule has 2 bridgehead atoms. The maximum absolute atomic E-state index is 12.6. The largest absolute Gasteiger partial charge is 0.481 e. The monoisotopic (exact) mass is 267 g/mol. The van der Waals surface area contributed by atoms with Crippen molar-refractivity contribution in [1.29, 1.82) is 0 Å². The molecule has 3 rings (SSSR count). The summed E-state index contributed by atoms with van der Waals surface area (Å²) in [6, 6.07) is 0.0784. The summed E-state index contributed by atoms with van der Waals surface area (Å²) in [5.74, 6) is -0.721. The minimum Gasteiger partial charge on any atom is -0.481 e. The zero-order valence-corrected chi connectivity index (χ0v) is 11.0. The van der Waals surface area contributed by atoms with Crippen molar-refractivity contribution in [3.8, 4) is 0 Å². The highest BCUT2D eigenvalue weighted by Gasteiger charge is 2.52. The van der Waals surface area contributed by atoms with Crippen LogP contribution in [-0.2, 0) is 4.79 Å².